The summed E-state index contributed by atoms with van der Waals surface area (Å²) in [6.45, 7) is 0. The monoisotopic (exact) mass is 1630 g/mol. The van der Waals surface area contributed by atoms with Crippen molar-refractivity contribution in [2.24, 2.45) is 0 Å². The average Bonchev–Trinajstić information content (AvgIpc) is 0.763. The SMILES string of the molecule is c1ccc(-c2cc(-c3cccc(-c4ccc5ccc(-c6ccc7ccc(-c8ccc9ccc%10ccc(-c%11ccccc%11)nc%10c9n8)cc7n6)cc5n4)c3)nc(-c3ccccc3)n2)cc1.c1ccc(-c2ccc3ccc4ccc(-c5ccc6ccc(-c7ccc8ccc(-c9cccc(-c%10nc(-c%11ccccc%11)nc(-c%11ccccc%11)n%10)c9)nc8c7)nc6c5)nc4c3n2)cc1. The standard InChI is InChI=1S/C58H36N6.C57H35N7/c1-4-11-37(12-5-1)48-31-27-41-21-22-42-28-32-51(62-57(42)56(41)61-48)47-24-20-40-26-30-50(60-53(40)35-47)46-23-19-39-25-29-49(59-52(39)34-46)44-17-10-18-45(33-44)55-36-54(38-13-6-2-7-14-38)63-58(64-55)43-15-8-3-9-16-43;1-4-11-36(12-5-1)47-31-27-39-21-22-40-28-32-50(61-54(40)53(39)60-47)45-24-20-38-26-30-49(59-52(38)35-45)44-23-19-37-25-29-48(58-51(37)34-44)43-17-10-18-46(33-43)57-63-55(41-13-6-2-7-14-41)62-56(64-57)42-15-8-3-9-16-42/h1-36H;1-35H. The minimum Gasteiger partial charge on any atom is -0.248 e. The lowest BCUT2D eigenvalue weighted by Gasteiger charge is -2.11. The van der Waals surface area contributed by atoms with E-state index < -0.39 is 0 Å². The van der Waals surface area contributed by atoms with Gasteiger partial charge in [0.1, 0.15) is 0 Å². The number of hydrogen-bond acceptors (Lipinski definition) is 13. The van der Waals surface area contributed by atoms with Crippen LogP contribution in [0.15, 0.2) is 431 Å². The summed E-state index contributed by atoms with van der Waals surface area (Å²) >= 11 is 0. The van der Waals surface area contributed by atoms with Gasteiger partial charge < -0.3 is 0 Å². The molecule has 0 N–H and O–H groups in total. The van der Waals surface area contributed by atoms with Gasteiger partial charge in [-0.05, 0) is 91.0 Å². The van der Waals surface area contributed by atoms with Gasteiger partial charge in [0.05, 0.1) is 101 Å². The predicted molar refractivity (Wildman–Crippen MR) is 520 cm³/mol. The van der Waals surface area contributed by atoms with Crippen LogP contribution in [0.1, 0.15) is 0 Å². The van der Waals surface area contributed by atoms with Crippen LogP contribution in [-0.2, 0) is 0 Å². The summed E-state index contributed by atoms with van der Waals surface area (Å²) in [5.41, 5.74) is 29.8. The second-order valence-electron chi connectivity index (χ2n) is 31.7. The number of hydrogen-bond donors (Lipinski definition) is 0. The minimum absolute atomic E-state index is 0.600. The zero-order valence-corrected chi connectivity index (χ0v) is 68.8. The highest BCUT2D eigenvalue weighted by atomic mass is 15.0. The summed E-state index contributed by atoms with van der Waals surface area (Å²) in [6.07, 6.45) is 0. The van der Waals surface area contributed by atoms with E-state index in [2.05, 4.69) is 273 Å². The van der Waals surface area contributed by atoms with Crippen molar-refractivity contribution < 1.29 is 0 Å². The first-order chi connectivity index (χ1) is 63.3. The molecule has 0 aliphatic heterocycles. The van der Waals surface area contributed by atoms with Crippen LogP contribution in [0.4, 0.5) is 0 Å². The van der Waals surface area contributed by atoms with E-state index in [0.717, 1.165) is 222 Å². The van der Waals surface area contributed by atoms with Crippen LogP contribution in [-0.4, -0.2) is 64.8 Å². The van der Waals surface area contributed by atoms with Gasteiger partial charge in [-0.2, -0.15) is 0 Å². The van der Waals surface area contributed by atoms with E-state index in [9.17, 15) is 0 Å². The van der Waals surface area contributed by atoms with Crippen molar-refractivity contribution in [1.29, 1.82) is 0 Å². The molecule has 0 aliphatic carbocycles. The number of pyridine rings is 8. The first-order valence-electron chi connectivity index (χ1n) is 42.6. The molecule has 24 rings (SSSR count). The molecule has 24 aromatic rings. The molecule has 0 aliphatic rings. The maximum Gasteiger partial charge on any atom is 0.164 e. The van der Waals surface area contributed by atoms with Gasteiger partial charge in [0.2, 0.25) is 0 Å². The van der Waals surface area contributed by atoms with Crippen molar-refractivity contribution >= 4 is 87.2 Å². The van der Waals surface area contributed by atoms with Gasteiger partial charge in [-0.15, -0.1) is 0 Å². The van der Waals surface area contributed by atoms with E-state index >= 15 is 0 Å². The smallest absolute Gasteiger partial charge is 0.164 e. The fraction of sp³-hybridized carbons (Fsp3) is 0. The maximum atomic E-state index is 5.21. The second-order valence-corrected chi connectivity index (χ2v) is 31.7. The minimum atomic E-state index is 0.600. The van der Waals surface area contributed by atoms with E-state index in [1.54, 1.807) is 0 Å². The van der Waals surface area contributed by atoms with Crippen LogP contribution in [0.5, 0.6) is 0 Å². The van der Waals surface area contributed by atoms with Gasteiger partial charge in [0.15, 0.2) is 23.3 Å². The number of fused-ring (bicyclic) bond motifs is 10. The Hall–Kier alpha value is -17.6. The molecule has 0 amide bonds. The molecule has 0 saturated heterocycles. The Labute approximate surface area is 736 Å². The number of aromatic nitrogens is 13. The highest BCUT2D eigenvalue weighted by Gasteiger charge is 2.20. The predicted octanol–water partition coefficient (Wildman–Crippen LogP) is 28.1. The Morgan fingerprint density at radius 3 is 0.609 bits per heavy atom. The van der Waals surface area contributed by atoms with Crippen LogP contribution in [0.2, 0.25) is 0 Å². The molecule has 0 fully saturated rings. The molecule has 13 heteroatoms. The summed E-state index contributed by atoms with van der Waals surface area (Å²) < 4.78 is 0. The lowest BCUT2D eigenvalue weighted by molar-refractivity contribution is 1.07. The zero-order valence-electron chi connectivity index (χ0n) is 68.8. The fourth-order valence-corrected chi connectivity index (χ4v) is 16.8. The van der Waals surface area contributed by atoms with Crippen LogP contribution >= 0.6 is 0 Å². The van der Waals surface area contributed by atoms with Crippen molar-refractivity contribution in [3.05, 3.63) is 431 Å². The number of benzene rings is 14. The molecule has 0 saturated carbocycles. The van der Waals surface area contributed by atoms with Crippen LogP contribution in [0, 0.1) is 0 Å². The molecule has 10 heterocycles. The van der Waals surface area contributed by atoms with Crippen molar-refractivity contribution in [2.75, 3.05) is 0 Å². The van der Waals surface area contributed by atoms with E-state index in [4.69, 9.17) is 64.8 Å². The second kappa shape index (κ2) is 32.7. The zero-order chi connectivity index (χ0) is 84.8. The van der Waals surface area contributed by atoms with E-state index in [-0.39, 0.29) is 0 Å². The molecule has 0 atom stereocenters. The molecule has 0 bridgehead atoms. The van der Waals surface area contributed by atoms with E-state index in [1.807, 2.05) is 158 Å². The molecule has 0 spiro atoms. The Kier molecular flexibility index (Phi) is 19.3. The Bertz CT molecular complexity index is 7830. The topological polar surface area (TPSA) is 168 Å². The van der Waals surface area contributed by atoms with Crippen molar-refractivity contribution in [1.82, 2.24) is 64.8 Å². The fourth-order valence-electron chi connectivity index (χ4n) is 16.8. The van der Waals surface area contributed by atoms with Gasteiger partial charge in [0.25, 0.3) is 0 Å². The molecule has 0 radical (unpaired) electrons. The van der Waals surface area contributed by atoms with Crippen molar-refractivity contribution in [3.8, 4) is 158 Å². The van der Waals surface area contributed by atoms with Crippen LogP contribution < -0.4 is 0 Å². The molecule has 13 nitrogen and oxygen atoms in total. The van der Waals surface area contributed by atoms with E-state index in [0.29, 0.717) is 23.3 Å². The molecule has 14 aromatic carbocycles. The lowest BCUT2D eigenvalue weighted by atomic mass is 10.0. The third kappa shape index (κ3) is 15.0. The number of nitrogens with zero attached hydrogens (tertiary/aromatic N) is 13. The maximum absolute atomic E-state index is 5.21. The Morgan fingerprint density at radius 1 is 0.102 bits per heavy atom. The molecule has 0 unspecified atom stereocenters. The lowest BCUT2D eigenvalue weighted by Crippen LogP contribution is -2.00. The van der Waals surface area contributed by atoms with Gasteiger partial charge >= 0.3 is 0 Å². The molecule has 128 heavy (non-hydrogen) atoms. The third-order valence-electron chi connectivity index (χ3n) is 23.5. The molecular weight excluding hydrogens is 1560 g/mol. The normalized spacial score (nSPS) is 11.4. The summed E-state index contributed by atoms with van der Waals surface area (Å²) in [7, 11) is 0. The first kappa shape index (κ1) is 75.4. The largest absolute Gasteiger partial charge is 0.248 e. The van der Waals surface area contributed by atoms with Gasteiger partial charge in [0, 0.05) is 121 Å². The summed E-state index contributed by atoms with van der Waals surface area (Å²) in [5.74, 6) is 2.53. The number of rotatable bonds is 14. The average molecular weight is 1630 g/mol. The van der Waals surface area contributed by atoms with Crippen molar-refractivity contribution in [3.63, 3.8) is 0 Å². The van der Waals surface area contributed by atoms with Gasteiger partial charge in [-0.25, -0.2) is 64.8 Å². The first-order valence-corrected chi connectivity index (χ1v) is 42.6. The van der Waals surface area contributed by atoms with Crippen LogP contribution in [0.25, 0.3) is 245 Å². The Balaban J connectivity index is 0.000000146. The Morgan fingerprint density at radius 2 is 0.297 bits per heavy atom. The quantitative estimate of drug-likeness (QED) is 0.0944. The molecule has 596 valence electrons. The highest BCUT2D eigenvalue weighted by Crippen LogP contribution is 2.39. The summed E-state index contributed by atoms with van der Waals surface area (Å²) in [6, 6.07) is 147. The van der Waals surface area contributed by atoms with Gasteiger partial charge in [-0.1, -0.05) is 340 Å². The molecular formula is C115H71N13. The third-order valence-corrected chi connectivity index (χ3v) is 23.5. The highest BCUT2D eigenvalue weighted by molar-refractivity contribution is 6.06. The van der Waals surface area contributed by atoms with Gasteiger partial charge in [-0.3, -0.25) is 0 Å². The summed E-state index contributed by atoms with van der Waals surface area (Å²) in [5, 5.41) is 8.44. The van der Waals surface area contributed by atoms with Crippen LogP contribution in [0.3, 0.4) is 0 Å². The summed E-state index contributed by atoms with van der Waals surface area (Å²) in [4.78, 5) is 66.2. The van der Waals surface area contributed by atoms with E-state index in [1.165, 1.54) is 0 Å². The molecule has 10 aromatic heterocycles. The van der Waals surface area contributed by atoms with Crippen molar-refractivity contribution in [2.45, 2.75) is 0 Å².